The van der Waals surface area contributed by atoms with Gasteiger partial charge in [-0.3, -0.25) is 4.79 Å². The summed E-state index contributed by atoms with van der Waals surface area (Å²) in [6.45, 7) is 0. The zero-order valence-electron chi connectivity index (χ0n) is 9.11. The zero-order chi connectivity index (χ0) is 11.5. The molecule has 16 heavy (non-hydrogen) atoms. The van der Waals surface area contributed by atoms with E-state index in [-0.39, 0.29) is 6.10 Å². The number of carbonyl (C=O) groups is 1. The molecule has 1 aliphatic carbocycles. The van der Waals surface area contributed by atoms with Crippen molar-refractivity contribution in [3.05, 3.63) is 23.8 Å². The summed E-state index contributed by atoms with van der Waals surface area (Å²) in [7, 11) is 0. The molecule has 0 atom stereocenters. The molecule has 4 nitrogen and oxygen atoms in total. The van der Waals surface area contributed by atoms with E-state index in [1.54, 1.807) is 18.2 Å². The van der Waals surface area contributed by atoms with Gasteiger partial charge in [0.25, 0.3) is 5.91 Å². The fourth-order valence-electron chi connectivity index (χ4n) is 2.02. The molecule has 0 aromatic heterocycles. The van der Waals surface area contributed by atoms with Crippen LogP contribution in [0, 0.1) is 0 Å². The molecule has 1 amide bonds. The second-order valence-electron chi connectivity index (χ2n) is 4.14. The number of hydrogen-bond donors (Lipinski definition) is 2. The number of nitrogens with two attached hydrogens (primary N) is 2. The van der Waals surface area contributed by atoms with E-state index in [2.05, 4.69) is 0 Å². The van der Waals surface area contributed by atoms with E-state index in [1.807, 2.05) is 0 Å². The molecule has 86 valence electrons. The van der Waals surface area contributed by atoms with Crippen LogP contribution in [0.4, 0.5) is 5.69 Å². The third-order valence-electron chi connectivity index (χ3n) is 2.90. The highest BCUT2D eigenvalue weighted by molar-refractivity contribution is 5.98. The minimum Gasteiger partial charge on any atom is -0.490 e. The molecular formula is C12H16N2O2. The van der Waals surface area contributed by atoms with Crippen LogP contribution in [0.1, 0.15) is 36.0 Å². The fourth-order valence-corrected chi connectivity index (χ4v) is 2.02. The molecule has 2 rings (SSSR count). The molecule has 1 saturated carbocycles. The Hall–Kier alpha value is -1.71. The number of rotatable bonds is 3. The van der Waals surface area contributed by atoms with Gasteiger partial charge in [-0.2, -0.15) is 0 Å². The summed E-state index contributed by atoms with van der Waals surface area (Å²) in [6.07, 6.45) is 4.85. The van der Waals surface area contributed by atoms with Gasteiger partial charge < -0.3 is 16.2 Å². The third-order valence-corrected chi connectivity index (χ3v) is 2.90. The van der Waals surface area contributed by atoms with Crippen LogP contribution in [0.5, 0.6) is 5.75 Å². The van der Waals surface area contributed by atoms with Gasteiger partial charge in [0.1, 0.15) is 5.75 Å². The highest BCUT2D eigenvalue weighted by Crippen LogP contribution is 2.26. The number of ether oxygens (including phenoxy) is 1. The average molecular weight is 220 g/mol. The molecule has 4 N–H and O–H groups in total. The monoisotopic (exact) mass is 220 g/mol. The Balaban J connectivity index is 2.15. The van der Waals surface area contributed by atoms with Crippen molar-refractivity contribution < 1.29 is 9.53 Å². The van der Waals surface area contributed by atoms with Crippen molar-refractivity contribution in [1.82, 2.24) is 0 Å². The molecule has 4 heteroatoms. The summed E-state index contributed by atoms with van der Waals surface area (Å²) in [5.41, 5.74) is 11.6. The van der Waals surface area contributed by atoms with E-state index >= 15 is 0 Å². The van der Waals surface area contributed by atoms with Crippen LogP contribution in [-0.4, -0.2) is 12.0 Å². The Morgan fingerprint density at radius 3 is 2.62 bits per heavy atom. The van der Waals surface area contributed by atoms with Gasteiger partial charge in [-0.05, 0) is 43.9 Å². The Labute approximate surface area is 94.6 Å². The Bertz CT molecular complexity index is 398. The molecule has 0 heterocycles. The van der Waals surface area contributed by atoms with Gasteiger partial charge >= 0.3 is 0 Å². The predicted molar refractivity (Wildman–Crippen MR) is 62.3 cm³/mol. The summed E-state index contributed by atoms with van der Waals surface area (Å²) in [5, 5.41) is 0. The van der Waals surface area contributed by atoms with Gasteiger partial charge in [0, 0.05) is 5.69 Å². The van der Waals surface area contributed by atoms with Gasteiger partial charge in [0.15, 0.2) is 0 Å². The first-order valence-electron chi connectivity index (χ1n) is 5.53. The van der Waals surface area contributed by atoms with E-state index in [4.69, 9.17) is 16.2 Å². The number of anilines is 1. The smallest absolute Gasteiger partial charge is 0.250 e. The van der Waals surface area contributed by atoms with Crippen LogP contribution in [0.2, 0.25) is 0 Å². The third kappa shape index (κ3) is 2.27. The Morgan fingerprint density at radius 2 is 2.00 bits per heavy atom. The fraction of sp³-hybridized carbons (Fsp3) is 0.417. The van der Waals surface area contributed by atoms with Crippen molar-refractivity contribution in [2.75, 3.05) is 5.73 Å². The first kappa shape index (κ1) is 10.8. The molecule has 1 fully saturated rings. The number of benzene rings is 1. The molecule has 1 aliphatic rings. The van der Waals surface area contributed by atoms with Crippen LogP contribution in [0.25, 0.3) is 0 Å². The maximum Gasteiger partial charge on any atom is 0.250 e. The summed E-state index contributed by atoms with van der Waals surface area (Å²) < 4.78 is 5.76. The lowest BCUT2D eigenvalue weighted by molar-refractivity contribution is 0.100. The number of primary amides is 1. The Kier molecular flexibility index (Phi) is 2.99. The normalized spacial score (nSPS) is 16.2. The largest absolute Gasteiger partial charge is 0.490 e. The minimum atomic E-state index is -0.519. The summed E-state index contributed by atoms with van der Waals surface area (Å²) in [6, 6.07) is 5.06. The van der Waals surface area contributed by atoms with Crippen molar-refractivity contribution in [3.63, 3.8) is 0 Å². The average Bonchev–Trinajstić information content (AvgIpc) is 2.73. The van der Waals surface area contributed by atoms with Crippen LogP contribution < -0.4 is 16.2 Å². The molecule has 0 spiro atoms. The molecular weight excluding hydrogens is 204 g/mol. The molecule has 0 unspecified atom stereocenters. The van der Waals surface area contributed by atoms with Crippen molar-refractivity contribution in [3.8, 4) is 5.75 Å². The lowest BCUT2D eigenvalue weighted by atomic mass is 10.1. The summed E-state index contributed by atoms with van der Waals surface area (Å²) in [4.78, 5) is 11.1. The van der Waals surface area contributed by atoms with Crippen molar-refractivity contribution in [1.29, 1.82) is 0 Å². The highest BCUT2D eigenvalue weighted by Gasteiger charge is 2.17. The SMILES string of the molecule is NC(=O)c1cc(OC2CCCC2)ccc1N. The van der Waals surface area contributed by atoms with Crippen LogP contribution in [-0.2, 0) is 0 Å². The summed E-state index contributed by atoms with van der Waals surface area (Å²) >= 11 is 0. The first-order chi connectivity index (χ1) is 7.66. The van der Waals surface area contributed by atoms with Crippen LogP contribution in [0.15, 0.2) is 18.2 Å². The molecule has 0 bridgehead atoms. The van der Waals surface area contributed by atoms with Gasteiger partial charge in [0.2, 0.25) is 0 Å². The number of carbonyl (C=O) groups excluding carboxylic acids is 1. The van der Waals surface area contributed by atoms with E-state index in [0.717, 1.165) is 12.8 Å². The molecule has 1 aromatic carbocycles. The van der Waals surface area contributed by atoms with Gasteiger partial charge in [-0.25, -0.2) is 0 Å². The standard InChI is InChI=1S/C12H16N2O2/c13-11-6-5-9(7-10(11)12(14)15)16-8-3-1-2-4-8/h5-8H,1-4,13H2,(H2,14,15). The first-order valence-corrected chi connectivity index (χ1v) is 5.53. The van der Waals surface area contributed by atoms with Crippen LogP contribution in [0.3, 0.4) is 0 Å². The predicted octanol–water partition coefficient (Wildman–Crippen LogP) is 1.69. The quantitative estimate of drug-likeness (QED) is 0.761. The van der Waals surface area contributed by atoms with Gasteiger partial charge in [0.05, 0.1) is 11.7 Å². The van der Waals surface area contributed by atoms with E-state index in [1.165, 1.54) is 12.8 Å². The van der Waals surface area contributed by atoms with E-state index in [0.29, 0.717) is 17.0 Å². The zero-order valence-corrected chi connectivity index (χ0v) is 9.11. The molecule has 1 aromatic rings. The van der Waals surface area contributed by atoms with Crippen molar-refractivity contribution in [2.24, 2.45) is 5.73 Å². The molecule has 0 aliphatic heterocycles. The van der Waals surface area contributed by atoms with Crippen molar-refractivity contribution >= 4 is 11.6 Å². The second kappa shape index (κ2) is 4.43. The lowest BCUT2D eigenvalue weighted by Gasteiger charge is -2.14. The maximum absolute atomic E-state index is 11.1. The van der Waals surface area contributed by atoms with Gasteiger partial charge in [-0.15, -0.1) is 0 Å². The maximum atomic E-state index is 11.1. The van der Waals surface area contributed by atoms with Gasteiger partial charge in [-0.1, -0.05) is 0 Å². The molecule has 0 radical (unpaired) electrons. The lowest BCUT2D eigenvalue weighted by Crippen LogP contribution is -2.15. The van der Waals surface area contributed by atoms with Crippen LogP contribution >= 0.6 is 0 Å². The number of nitrogen functional groups attached to an aromatic ring is 1. The Morgan fingerprint density at radius 1 is 1.31 bits per heavy atom. The van der Waals surface area contributed by atoms with E-state index < -0.39 is 5.91 Å². The highest BCUT2D eigenvalue weighted by atomic mass is 16.5. The van der Waals surface area contributed by atoms with Crippen molar-refractivity contribution in [2.45, 2.75) is 31.8 Å². The molecule has 0 saturated heterocycles. The van der Waals surface area contributed by atoms with E-state index in [9.17, 15) is 4.79 Å². The minimum absolute atomic E-state index is 0.268. The topological polar surface area (TPSA) is 78.3 Å². The second-order valence-corrected chi connectivity index (χ2v) is 4.14. The summed E-state index contributed by atoms with van der Waals surface area (Å²) in [5.74, 6) is 0.157. The number of amides is 1. The number of hydrogen-bond acceptors (Lipinski definition) is 3.